The molecule has 1 N–H and O–H groups in total. The maximum absolute atomic E-state index is 9.28. The molecular weight excluding hydrogens is 168 g/mol. The van der Waals surface area contributed by atoms with Crippen LogP contribution in [0.5, 0.6) is 5.75 Å². The zero-order chi connectivity index (χ0) is 9.42. The fourth-order valence-corrected chi connectivity index (χ4v) is 1.65. The number of aromatic hydroxyl groups is 1. The summed E-state index contributed by atoms with van der Waals surface area (Å²) in [7, 11) is 1.59. The van der Waals surface area contributed by atoms with Gasteiger partial charge in [-0.1, -0.05) is 6.07 Å². The number of hydrogen-bond donors (Lipinski definition) is 1. The molecule has 1 aliphatic rings. The van der Waals surface area contributed by atoms with Crippen molar-refractivity contribution in [2.75, 3.05) is 7.11 Å². The number of hydrogen-bond acceptors (Lipinski definition) is 3. The van der Waals surface area contributed by atoms with E-state index < -0.39 is 0 Å². The van der Waals surface area contributed by atoms with Crippen LogP contribution in [-0.4, -0.2) is 12.2 Å². The van der Waals surface area contributed by atoms with Gasteiger partial charge in [0, 0.05) is 12.7 Å². The first-order valence-electron chi connectivity index (χ1n) is 4.23. The molecule has 0 aliphatic carbocycles. The molecule has 0 fully saturated rings. The van der Waals surface area contributed by atoms with Crippen LogP contribution in [0.1, 0.15) is 30.4 Å². The lowest BCUT2D eigenvalue weighted by Gasteiger charge is -2.08. The summed E-state index contributed by atoms with van der Waals surface area (Å²) in [5, 5.41) is 9.28. The molecule has 0 saturated heterocycles. The van der Waals surface area contributed by atoms with Crippen LogP contribution in [0.2, 0.25) is 0 Å². The van der Waals surface area contributed by atoms with Gasteiger partial charge in [0.2, 0.25) is 0 Å². The molecule has 0 bridgehead atoms. The van der Waals surface area contributed by atoms with E-state index in [0.29, 0.717) is 0 Å². The molecule has 13 heavy (non-hydrogen) atoms. The number of phenols is 1. The summed E-state index contributed by atoms with van der Waals surface area (Å²) < 4.78 is 10.6. The Morgan fingerprint density at radius 1 is 1.38 bits per heavy atom. The second kappa shape index (κ2) is 3.01. The molecule has 0 saturated carbocycles. The molecule has 0 amide bonds. The maximum Gasteiger partial charge on any atom is 0.184 e. The van der Waals surface area contributed by atoms with E-state index in [0.717, 1.165) is 11.1 Å². The summed E-state index contributed by atoms with van der Waals surface area (Å²) in [5.41, 5.74) is 2.01. The quantitative estimate of drug-likeness (QED) is 0.719. The molecule has 70 valence electrons. The molecule has 0 spiro atoms. The van der Waals surface area contributed by atoms with Gasteiger partial charge in [0.15, 0.2) is 6.29 Å². The van der Waals surface area contributed by atoms with Gasteiger partial charge in [-0.2, -0.15) is 0 Å². The Morgan fingerprint density at radius 2 is 2.15 bits per heavy atom. The normalized spacial score (nSPS) is 26.0. The maximum atomic E-state index is 9.28. The van der Waals surface area contributed by atoms with Crippen LogP contribution in [0.3, 0.4) is 0 Å². The van der Waals surface area contributed by atoms with Crippen molar-refractivity contribution in [2.45, 2.75) is 19.3 Å². The van der Waals surface area contributed by atoms with Crippen LogP contribution in [-0.2, 0) is 9.47 Å². The summed E-state index contributed by atoms with van der Waals surface area (Å²) in [6, 6.07) is 5.22. The second-order valence-corrected chi connectivity index (χ2v) is 3.16. The van der Waals surface area contributed by atoms with Gasteiger partial charge in [0.05, 0.1) is 6.10 Å². The average molecular weight is 180 g/mol. The topological polar surface area (TPSA) is 38.7 Å². The van der Waals surface area contributed by atoms with Crippen molar-refractivity contribution in [3.8, 4) is 5.75 Å². The molecule has 2 unspecified atom stereocenters. The summed E-state index contributed by atoms with van der Waals surface area (Å²) in [6.45, 7) is 1.97. The minimum atomic E-state index is -0.336. The van der Waals surface area contributed by atoms with Crippen molar-refractivity contribution in [3.63, 3.8) is 0 Å². The first-order chi connectivity index (χ1) is 6.22. The van der Waals surface area contributed by atoms with E-state index in [-0.39, 0.29) is 18.1 Å². The van der Waals surface area contributed by atoms with Gasteiger partial charge in [-0.3, -0.25) is 0 Å². The van der Waals surface area contributed by atoms with Gasteiger partial charge in [-0.05, 0) is 24.6 Å². The Kier molecular flexibility index (Phi) is 1.98. The van der Waals surface area contributed by atoms with E-state index in [9.17, 15) is 5.11 Å². The number of benzene rings is 1. The van der Waals surface area contributed by atoms with Gasteiger partial charge >= 0.3 is 0 Å². The predicted octanol–water partition coefficient (Wildman–Crippen LogP) is 2.13. The largest absolute Gasteiger partial charge is 0.508 e. The molecule has 1 aromatic carbocycles. The highest BCUT2D eigenvalue weighted by atomic mass is 16.7. The van der Waals surface area contributed by atoms with E-state index in [2.05, 4.69) is 0 Å². The Morgan fingerprint density at radius 3 is 2.85 bits per heavy atom. The SMILES string of the molecule is COC1OC(C)c2ccc(O)cc21. The summed E-state index contributed by atoms with van der Waals surface area (Å²) >= 11 is 0. The fraction of sp³-hybridized carbons (Fsp3) is 0.400. The molecule has 1 aromatic rings. The summed E-state index contributed by atoms with van der Waals surface area (Å²) in [5.74, 6) is 0.249. The summed E-state index contributed by atoms with van der Waals surface area (Å²) in [6.07, 6.45) is -0.294. The number of fused-ring (bicyclic) bond motifs is 1. The third-order valence-electron chi connectivity index (χ3n) is 2.30. The monoisotopic (exact) mass is 180 g/mol. The van der Waals surface area contributed by atoms with Crippen molar-refractivity contribution in [2.24, 2.45) is 0 Å². The van der Waals surface area contributed by atoms with Crippen LogP contribution in [0, 0.1) is 0 Å². The lowest BCUT2D eigenvalue weighted by Crippen LogP contribution is -1.98. The average Bonchev–Trinajstić information content (AvgIpc) is 2.42. The highest BCUT2D eigenvalue weighted by Crippen LogP contribution is 2.40. The van der Waals surface area contributed by atoms with E-state index >= 15 is 0 Å². The summed E-state index contributed by atoms with van der Waals surface area (Å²) in [4.78, 5) is 0. The molecule has 0 aromatic heterocycles. The van der Waals surface area contributed by atoms with Crippen molar-refractivity contribution in [1.82, 2.24) is 0 Å². The number of methoxy groups -OCH3 is 1. The van der Waals surface area contributed by atoms with E-state index in [1.807, 2.05) is 13.0 Å². The predicted molar refractivity (Wildman–Crippen MR) is 47.4 cm³/mol. The molecule has 1 aliphatic heterocycles. The van der Waals surface area contributed by atoms with Crippen LogP contribution in [0.4, 0.5) is 0 Å². The van der Waals surface area contributed by atoms with Crippen LogP contribution in [0.15, 0.2) is 18.2 Å². The van der Waals surface area contributed by atoms with E-state index in [1.165, 1.54) is 0 Å². The van der Waals surface area contributed by atoms with Crippen molar-refractivity contribution < 1.29 is 14.6 Å². The Hall–Kier alpha value is -1.06. The Bertz CT molecular complexity index is 322. The van der Waals surface area contributed by atoms with Crippen LogP contribution < -0.4 is 0 Å². The number of phenolic OH excluding ortho intramolecular Hbond substituents is 1. The lowest BCUT2D eigenvalue weighted by atomic mass is 10.1. The van der Waals surface area contributed by atoms with E-state index in [4.69, 9.17) is 9.47 Å². The molecule has 3 heteroatoms. The first-order valence-corrected chi connectivity index (χ1v) is 4.23. The zero-order valence-electron chi connectivity index (χ0n) is 7.65. The van der Waals surface area contributed by atoms with Crippen molar-refractivity contribution in [3.05, 3.63) is 29.3 Å². The minimum Gasteiger partial charge on any atom is -0.508 e. The third kappa shape index (κ3) is 1.30. The minimum absolute atomic E-state index is 0.0422. The van der Waals surface area contributed by atoms with Crippen LogP contribution in [0.25, 0.3) is 0 Å². The molecule has 2 atom stereocenters. The Balaban J connectivity index is 2.46. The van der Waals surface area contributed by atoms with Crippen molar-refractivity contribution >= 4 is 0 Å². The molecule has 2 rings (SSSR count). The zero-order valence-corrected chi connectivity index (χ0v) is 7.65. The van der Waals surface area contributed by atoms with Gasteiger partial charge in [0.25, 0.3) is 0 Å². The number of ether oxygens (including phenoxy) is 2. The van der Waals surface area contributed by atoms with Gasteiger partial charge in [0.1, 0.15) is 5.75 Å². The Labute approximate surface area is 76.9 Å². The standard InChI is InChI=1S/C10H12O3/c1-6-8-4-3-7(11)5-9(8)10(12-2)13-6/h3-6,10-11H,1-2H3. The molecular formula is C10H12O3. The van der Waals surface area contributed by atoms with Gasteiger partial charge < -0.3 is 14.6 Å². The van der Waals surface area contributed by atoms with E-state index in [1.54, 1.807) is 19.2 Å². The molecule has 3 nitrogen and oxygen atoms in total. The highest BCUT2D eigenvalue weighted by Gasteiger charge is 2.28. The highest BCUT2D eigenvalue weighted by molar-refractivity contribution is 5.39. The number of rotatable bonds is 1. The third-order valence-corrected chi connectivity index (χ3v) is 2.30. The second-order valence-electron chi connectivity index (χ2n) is 3.16. The van der Waals surface area contributed by atoms with Gasteiger partial charge in [-0.25, -0.2) is 0 Å². The van der Waals surface area contributed by atoms with Crippen molar-refractivity contribution in [1.29, 1.82) is 0 Å². The first kappa shape index (κ1) is 8.53. The van der Waals surface area contributed by atoms with Gasteiger partial charge in [-0.15, -0.1) is 0 Å². The fourth-order valence-electron chi connectivity index (χ4n) is 1.65. The van der Waals surface area contributed by atoms with Crippen LogP contribution >= 0.6 is 0 Å². The molecule has 0 radical (unpaired) electrons. The smallest absolute Gasteiger partial charge is 0.184 e. The lowest BCUT2D eigenvalue weighted by molar-refractivity contribution is -0.137. The molecule has 1 heterocycles.